The fourth-order valence-electron chi connectivity index (χ4n) is 2.95. The normalized spacial score (nSPS) is 10.8. The molecule has 138 valence electrons. The van der Waals surface area contributed by atoms with Gasteiger partial charge in [0.1, 0.15) is 18.1 Å². The smallest absolute Gasteiger partial charge is 0.166 e. The molecule has 0 saturated heterocycles. The van der Waals surface area contributed by atoms with Gasteiger partial charge in [0.25, 0.3) is 0 Å². The Kier molecular flexibility index (Phi) is 5.64. The van der Waals surface area contributed by atoms with Crippen LogP contribution >= 0.6 is 0 Å². The molecule has 0 spiro atoms. The SMILES string of the molecule is Oc1ccc(OCc2ccc([S+](c3ccccc3)c3ccccc3)cc2)cc1. The number of ether oxygens (including phenoxy) is 1. The average Bonchev–Trinajstić information content (AvgIpc) is 2.76. The first-order valence-corrected chi connectivity index (χ1v) is 10.4. The van der Waals surface area contributed by atoms with Crippen molar-refractivity contribution in [2.24, 2.45) is 0 Å². The summed E-state index contributed by atoms with van der Waals surface area (Å²) in [6.45, 7) is 0.496. The second-order valence-electron chi connectivity index (χ2n) is 6.36. The second-order valence-corrected chi connectivity index (χ2v) is 8.39. The molecule has 0 aliphatic heterocycles. The minimum Gasteiger partial charge on any atom is -0.508 e. The number of aromatic hydroxyl groups is 1. The number of phenolic OH excluding ortho intramolecular Hbond substituents is 1. The van der Waals surface area contributed by atoms with Gasteiger partial charge >= 0.3 is 0 Å². The Morgan fingerprint density at radius 2 is 1.07 bits per heavy atom. The highest BCUT2D eigenvalue weighted by Gasteiger charge is 2.27. The maximum atomic E-state index is 9.36. The van der Waals surface area contributed by atoms with Gasteiger partial charge in [-0.05, 0) is 66.2 Å². The molecule has 0 unspecified atom stereocenters. The quantitative estimate of drug-likeness (QED) is 0.408. The highest BCUT2D eigenvalue weighted by atomic mass is 32.2. The van der Waals surface area contributed by atoms with Gasteiger partial charge in [-0.3, -0.25) is 0 Å². The van der Waals surface area contributed by atoms with Gasteiger partial charge in [0.2, 0.25) is 0 Å². The summed E-state index contributed by atoms with van der Waals surface area (Å²) < 4.78 is 5.81. The molecule has 4 aromatic rings. The van der Waals surface area contributed by atoms with Crippen molar-refractivity contribution in [3.8, 4) is 11.5 Å². The van der Waals surface area contributed by atoms with Crippen molar-refractivity contribution in [1.29, 1.82) is 0 Å². The molecule has 4 rings (SSSR count). The van der Waals surface area contributed by atoms with Crippen LogP contribution < -0.4 is 4.74 Å². The largest absolute Gasteiger partial charge is 0.508 e. The van der Waals surface area contributed by atoms with Crippen molar-refractivity contribution in [3.63, 3.8) is 0 Å². The van der Waals surface area contributed by atoms with E-state index in [2.05, 4.69) is 84.9 Å². The Labute approximate surface area is 168 Å². The van der Waals surface area contributed by atoms with Gasteiger partial charge in [0, 0.05) is 0 Å². The zero-order valence-electron chi connectivity index (χ0n) is 15.4. The van der Waals surface area contributed by atoms with Crippen molar-refractivity contribution in [2.45, 2.75) is 21.3 Å². The third kappa shape index (κ3) is 4.38. The fraction of sp³-hybridized carbons (Fsp3) is 0.0400. The van der Waals surface area contributed by atoms with Crippen molar-refractivity contribution in [1.82, 2.24) is 0 Å². The highest BCUT2D eigenvalue weighted by Crippen LogP contribution is 2.31. The molecule has 0 bridgehead atoms. The van der Waals surface area contributed by atoms with Crippen LogP contribution in [0.15, 0.2) is 124 Å². The third-order valence-corrected chi connectivity index (χ3v) is 6.59. The lowest BCUT2D eigenvalue weighted by Crippen LogP contribution is -2.05. The van der Waals surface area contributed by atoms with Crippen LogP contribution in [0, 0.1) is 0 Å². The molecule has 0 aromatic heterocycles. The van der Waals surface area contributed by atoms with Crippen LogP contribution in [0.2, 0.25) is 0 Å². The van der Waals surface area contributed by atoms with Crippen LogP contribution in [0.3, 0.4) is 0 Å². The van der Waals surface area contributed by atoms with E-state index >= 15 is 0 Å². The lowest BCUT2D eigenvalue weighted by atomic mass is 10.2. The van der Waals surface area contributed by atoms with Crippen molar-refractivity contribution in [2.75, 3.05) is 0 Å². The zero-order valence-corrected chi connectivity index (χ0v) is 16.2. The Morgan fingerprint density at radius 1 is 0.571 bits per heavy atom. The summed E-state index contributed by atoms with van der Waals surface area (Å²) in [5.74, 6) is 0.987. The number of rotatable bonds is 6. The molecule has 4 aromatic carbocycles. The molecule has 0 aliphatic rings. The predicted molar refractivity (Wildman–Crippen MR) is 114 cm³/mol. The van der Waals surface area contributed by atoms with Crippen LogP contribution in [-0.4, -0.2) is 5.11 Å². The second kappa shape index (κ2) is 8.68. The Balaban J connectivity index is 1.55. The standard InChI is InChI=1S/C25H20O2S/c26-21-13-15-22(16-14-21)27-19-20-11-17-25(18-12-20)28(23-7-3-1-4-8-23)24-9-5-2-6-10-24/h1-18H,19H2/p+1. The molecule has 0 aliphatic carbocycles. The number of hydrogen-bond donors (Lipinski definition) is 1. The minimum absolute atomic E-state index is 0.134. The average molecular weight is 386 g/mol. The summed E-state index contributed by atoms with van der Waals surface area (Å²) in [5.41, 5.74) is 1.11. The van der Waals surface area contributed by atoms with E-state index < -0.39 is 0 Å². The van der Waals surface area contributed by atoms with Crippen molar-refractivity contribution >= 4 is 10.9 Å². The molecule has 2 nitrogen and oxygen atoms in total. The third-order valence-electron chi connectivity index (χ3n) is 4.36. The number of benzene rings is 4. The molecule has 1 N–H and O–H groups in total. The molecule has 28 heavy (non-hydrogen) atoms. The summed E-state index contributed by atoms with van der Waals surface area (Å²) in [6.07, 6.45) is 0. The lowest BCUT2D eigenvalue weighted by molar-refractivity contribution is 0.305. The van der Waals surface area contributed by atoms with Gasteiger partial charge < -0.3 is 9.84 Å². The van der Waals surface area contributed by atoms with E-state index in [1.165, 1.54) is 14.7 Å². The Bertz CT molecular complexity index is 958. The van der Waals surface area contributed by atoms with E-state index in [1.54, 1.807) is 24.3 Å². The van der Waals surface area contributed by atoms with Crippen molar-refractivity contribution in [3.05, 3.63) is 115 Å². The van der Waals surface area contributed by atoms with Gasteiger partial charge in [0.15, 0.2) is 14.7 Å². The molecule has 0 fully saturated rings. The first kappa shape index (κ1) is 18.2. The van der Waals surface area contributed by atoms with Crippen LogP contribution in [0.4, 0.5) is 0 Å². The van der Waals surface area contributed by atoms with Gasteiger partial charge in [0.05, 0.1) is 10.9 Å². The van der Waals surface area contributed by atoms with Crippen LogP contribution in [0.25, 0.3) is 0 Å². The first-order valence-electron chi connectivity index (χ1n) is 9.15. The van der Waals surface area contributed by atoms with Crippen LogP contribution in [-0.2, 0) is 17.5 Å². The van der Waals surface area contributed by atoms with Crippen LogP contribution in [0.5, 0.6) is 11.5 Å². The topological polar surface area (TPSA) is 29.5 Å². The molecule has 0 atom stereocenters. The van der Waals surface area contributed by atoms with Gasteiger partial charge in [-0.15, -0.1) is 0 Å². The molecule has 0 heterocycles. The zero-order chi connectivity index (χ0) is 19.2. The van der Waals surface area contributed by atoms with Gasteiger partial charge in [-0.1, -0.05) is 48.5 Å². The molecule has 0 radical (unpaired) electrons. The van der Waals surface area contributed by atoms with Gasteiger partial charge in [-0.25, -0.2) is 0 Å². The van der Waals surface area contributed by atoms with E-state index in [0.29, 0.717) is 6.61 Å². The summed E-state index contributed by atoms with van der Waals surface area (Å²) in [6, 6.07) is 36.7. The maximum Gasteiger partial charge on any atom is 0.166 e. The molecular formula is C25H21O2S+. The van der Waals surface area contributed by atoms with E-state index in [4.69, 9.17) is 4.74 Å². The van der Waals surface area contributed by atoms with Crippen molar-refractivity contribution < 1.29 is 9.84 Å². The predicted octanol–water partition coefficient (Wildman–Crippen LogP) is 6.07. The van der Waals surface area contributed by atoms with E-state index in [1.807, 2.05) is 0 Å². The highest BCUT2D eigenvalue weighted by molar-refractivity contribution is 7.97. The minimum atomic E-state index is -0.134. The van der Waals surface area contributed by atoms with E-state index in [0.717, 1.165) is 11.3 Å². The maximum absolute atomic E-state index is 9.36. The summed E-state index contributed by atoms with van der Waals surface area (Å²) in [7, 11) is -0.134. The monoisotopic (exact) mass is 385 g/mol. The number of hydrogen-bond acceptors (Lipinski definition) is 2. The molecular weight excluding hydrogens is 364 g/mol. The molecule has 3 heteroatoms. The summed E-state index contributed by atoms with van der Waals surface area (Å²) in [4.78, 5) is 3.90. The van der Waals surface area contributed by atoms with Gasteiger partial charge in [-0.2, -0.15) is 0 Å². The van der Waals surface area contributed by atoms with Crippen LogP contribution in [0.1, 0.15) is 5.56 Å². The Morgan fingerprint density at radius 3 is 1.61 bits per heavy atom. The molecule has 0 saturated carbocycles. The van der Waals surface area contributed by atoms with E-state index in [-0.39, 0.29) is 16.6 Å². The molecule has 0 amide bonds. The first-order chi connectivity index (χ1) is 13.8. The fourth-order valence-corrected chi connectivity index (χ4v) is 5.04. The number of phenols is 1. The Hall–Kier alpha value is -3.17. The lowest BCUT2D eigenvalue weighted by Gasteiger charge is -2.09. The summed E-state index contributed by atoms with van der Waals surface area (Å²) in [5, 5.41) is 9.36. The summed E-state index contributed by atoms with van der Waals surface area (Å²) >= 11 is 0. The van der Waals surface area contributed by atoms with E-state index in [9.17, 15) is 5.11 Å².